The van der Waals surface area contributed by atoms with Crippen molar-refractivity contribution in [3.63, 3.8) is 0 Å². The molecule has 2 aromatic rings. The van der Waals surface area contributed by atoms with Gasteiger partial charge in [-0.15, -0.1) is 6.58 Å². The van der Waals surface area contributed by atoms with Crippen molar-refractivity contribution >= 4 is 24.8 Å². The van der Waals surface area contributed by atoms with E-state index in [-0.39, 0.29) is 17.2 Å². The molecule has 3 rings (SSSR count). The van der Waals surface area contributed by atoms with Gasteiger partial charge in [0, 0.05) is 0 Å². The van der Waals surface area contributed by atoms with Gasteiger partial charge in [-0.25, -0.2) is 4.79 Å². The zero-order valence-electron chi connectivity index (χ0n) is 23.2. The lowest BCUT2D eigenvalue weighted by molar-refractivity contribution is -0.0669. The minimum Gasteiger partial charge on any atom is -0.444 e. The number of hydrogen-bond donors (Lipinski definition) is 0. The van der Waals surface area contributed by atoms with E-state index in [1.54, 1.807) is 4.90 Å². The van der Waals surface area contributed by atoms with Crippen molar-refractivity contribution in [2.45, 2.75) is 90.3 Å². The van der Waals surface area contributed by atoms with E-state index < -0.39 is 25.7 Å². The van der Waals surface area contributed by atoms with E-state index in [2.05, 4.69) is 75.9 Å². The number of ether oxygens (including phenoxy) is 2. The lowest BCUT2D eigenvalue weighted by Gasteiger charge is -2.47. The number of benzene rings is 2. The molecule has 0 aromatic heterocycles. The van der Waals surface area contributed by atoms with E-state index in [0.29, 0.717) is 13.0 Å². The van der Waals surface area contributed by atoms with Gasteiger partial charge in [-0.2, -0.15) is 0 Å². The lowest BCUT2D eigenvalue weighted by Crippen LogP contribution is -2.69. The second kappa shape index (κ2) is 10.5. The summed E-state index contributed by atoms with van der Waals surface area (Å²) in [5, 5.41) is 2.19. The molecule has 5 nitrogen and oxygen atoms in total. The van der Waals surface area contributed by atoms with E-state index >= 15 is 0 Å². The second-order valence-corrected chi connectivity index (χ2v) is 16.3. The highest BCUT2D eigenvalue weighted by Crippen LogP contribution is 2.40. The lowest BCUT2D eigenvalue weighted by atomic mass is 10.1. The van der Waals surface area contributed by atoms with Crippen molar-refractivity contribution in [1.82, 2.24) is 4.90 Å². The summed E-state index contributed by atoms with van der Waals surface area (Å²) < 4.78 is 19.4. The summed E-state index contributed by atoms with van der Waals surface area (Å²) in [6, 6.07) is 20.8. The number of carbonyl (C=O) groups is 1. The van der Waals surface area contributed by atoms with E-state index in [1.807, 2.05) is 52.8 Å². The Hall–Kier alpha value is -2.41. The first-order valence-corrected chi connectivity index (χ1v) is 14.7. The Bertz CT molecular complexity index is 985. The Balaban J connectivity index is 2.15. The molecule has 2 atom stereocenters. The molecule has 0 spiro atoms. The molecule has 196 valence electrons. The van der Waals surface area contributed by atoms with E-state index in [0.717, 1.165) is 0 Å². The standard InChI is InChI=1S/C30H43NO4Si/c1-10-17-26(25-22-33-30(8,9)31(25)27(32)34-28(2,3)4)35-36(29(5,6)7,23-18-13-11-14-19-23)24-20-15-12-16-21-24/h10-16,18-21,25-26H,1,17,22H2,2-9H3/t25-,26-/m1/s1. The SMILES string of the molecule is C=CC[C@@H](O[Si](c1ccccc1)(c1ccccc1)C(C)(C)C)[C@H]1COC(C)(C)N1C(=O)OC(C)(C)C. The first kappa shape index (κ1) is 28.2. The molecule has 36 heavy (non-hydrogen) atoms. The summed E-state index contributed by atoms with van der Waals surface area (Å²) in [6.07, 6.45) is 1.73. The third kappa shape index (κ3) is 5.77. The molecule has 1 saturated heterocycles. The Morgan fingerprint density at radius 1 is 1.06 bits per heavy atom. The summed E-state index contributed by atoms with van der Waals surface area (Å²) >= 11 is 0. The molecule has 1 fully saturated rings. The monoisotopic (exact) mass is 509 g/mol. The van der Waals surface area contributed by atoms with Gasteiger partial charge < -0.3 is 13.9 Å². The minimum absolute atomic E-state index is 0.194. The molecule has 1 heterocycles. The van der Waals surface area contributed by atoms with E-state index in [1.165, 1.54) is 10.4 Å². The van der Waals surface area contributed by atoms with Gasteiger partial charge >= 0.3 is 6.09 Å². The maximum Gasteiger partial charge on any atom is 0.412 e. The molecular weight excluding hydrogens is 466 g/mol. The van der Waals surface area contributed by atoms with E-state index in [9.17, 15) is 4.79 Å². The van der Waals surface area contributed by atoms with Gasteiger partial charge in [-0.3, -0.25) is 4.90 Å². The molecule has 0 radical (unpaired) electrons. The predicted molar refractivity (Wildman–Crippen MR) is 149 cm³/mol. The van der Waals surface area contributed by atoms with Crippen molar-refractivity contribution in [1.29, 1.82) is 0 Å². The number of hydrogen-bond acceptors (Lipinski definition) is 4. The largest absolute Gasteiger partial charge is 0.444 e. The summed E-state index contributed by atoms with van der Waals surface area (Å²) in [7, 11) is -2.86. The molecule has 6 heteroatoms. The highest BCUT2D eigenvalue weighted by atomic mass is 28.4. The minimum atomic E-state index is -2.86. The second-order valence-electron chi connectivity index (χ2n) is 12.0. The zero-order valence-corrected chi connectivity index (χ0v) is 24.2. The summed E-state index contributed by atoms with van der Waals surface area (Å²) in [6.45, 7) is 20.6. The normalized spacial score (nSPS) is 19.1. The molecule has 1 aliphatic heterocycles. The fourth-order valence-electron chi connectivity index (χ4n) is 5.14. The molecule has 0 N–H and O–H groups in total. The van der Waals surface area contributed by atoms with Crippen LogP contribution in [0.5, 0.6) is 0 Å². The van der Waals surface area contributed by atoms with Gasteiger partial charge in [0.05, 0.1) is 18.8 Å². The van der Waals surface area contributed by atoms with Crippen LogP contribution in [0.4, 0.5) is 4.79 Å². The first-order valence-electron chi connectivity index (χ1n) is 12.8. The Morgan fingerprint density at radius 3 is 1.97 bits per heavy atom. The molecule has 1 aliphatic rings. The molecule has 0 aliphatic carbocycles. The average molecular weight is 510 g/mol. The maximum atomic E-state index is 13.5. The Morgan fingerprint density at radius 2 is 1.56 bits per heavy atom. The molecule has 2 aromatic carbocycles. The van der Waals surface area contributed by atoms with Gasteiger partial charge in [0.2, 0.25) is 0 Å². The number of carbonyl (C=O) groups excluding carboxylic acids is 1. The van der Waals surface area contributed by atoms with Crippen LogP contribution < -0.4 is 10.4 Å². The molecule has 0 unspecified atom stereocenters. The average Bonchev–Trinajstić information content (AvgIpc) is 3.11. The van der Waals surface area contributed by atoms with Gasteiger partial charge in [-0.1, -0.05) is 87.5 Å². The maximum absolute atomic E-state index is 13.5. The van der Waals surface area contributed by atoms with Crippen LogP contribution in [0.1, 0.15) is 61.8 Å². The van der Waals surface area contributed by atoms with Crippen LogP contribution in [0.25, 0.3) is 0 Å². The van der Waals surface area contributed by atoms with Gasteiger partial charge in [0.25, 0.3) is 8.32 Å². The molecule has 0 bridgehead atoms. The molecule has 1 amide bonds. The van der Waals surface area contributed by atoms with Gasteiger partial charge in [0.1, 0.15) is 11.3 Å². The van der Waals surface area contributed by atoms with Crippen LogP contribution in [0.3, 0.4) is 0 Å². The van der Waals surface area contributed by atoms with Crippen LogP contribution in [-0.2, 0) is 13.9 Å². The number of nitrogens with zero attached hydrogens (tertiary/aromatic N) is 1. The summed E-state index contributed by atoms with van der Waals surface area (Å²) in [5.41, 5.74) is -1.44. The quantitative estimate of drug-likeness (QED) is 0.345. The van der Waals surface area contributed by atoms with Crippen LogP contribution in [0.2, 0.25) is 5.04 Å². The van der Waals surface area contributed by atoms with Crippen molar-refractivity contribution in [2.24, 2.45) is 0 Å². The smallest absolute Gasteiger partial charge is 0.412 e. The van der Waals surface area contributed by atoms with Gasteiger partial charge in [0.15, 0.2) is 0 Å². The van der Waals surface area contributed by atoms with E-state index in [4.69, 9.17) is 13.9 Å². The first-order chi connectivity index (χ1) is 16.7. The third-order valence-corrected chi connectivity index (χ3v) is 11.7. The fraction of sp³-hybridized carbons (Fsp3) is 0.500. The zero-order chi connectivity index (χ0) is 26.8. The Labute approximate surface area is 218 Å². The van der Waals surface area contributed by atoms with Crippen LogP contribution in [0, 0.1) is 0 Å². The van der Waals surface area contributed by atoms with Crippen LogP contribution in [-0.4, -0.2) is 49.4 Å². The summed E-state index contributed by atoms with van der Waals surface area (Å²) in [5.74, 6) is 0. The van der Waals surface area contributed by atoms with Crippen LogP contribution in [0.15, 0.2) is 73.3 Å². The Kier molecular flexibility index (Phi) is 8.23. The third-order valence-electron chi connectivity index (χ3n) is 6.68. The number of amides is 1. The van der Waals surface area contributed by atoms with Gasteiger partial charge in [-0.05, 0) is 56.5 Å². The number of rotatable bonds is 7. The van der Waals surface area contributed by atoms with Crippen molar-refractivity contribution < 1.29 is 18.7 Å². The molecule has 0 saturated carbocycles. The highest BCUT2D eigenvalue weighted by molar-refractivity contribution is 6.99. The topological polar surface area (TPSA) is 48.0 Å². The van der Waals surface area contributed by atoms with Crippen molar-refractivity contribution in [3.05, 3.63) is 73.3 Å². The van der Waals surface area contributed by atoms with Crippen molar-refractivity contribution in [2.75, 3.05) is 6.61 Å². The highest BCUT2D eigenvalue weighted by Gasteiger charge is 2.55. The summed E-state index contributed by atoms with van der Waals surface area (Å²) in [4.78, 5) is 15.2. The fourth-order valence-corrected chi connectivity index (χ4v) is 9.86. The van der Waals surface area contributed by atoms with Crippen molar-refractivity contribution in [3.8, 4) is 0 Å². The van der Waals surface area contributed by atoms with Crippen LogP contribution >= 0.6 is 0 Å². The predicted octanol–water partition coefficient (Wildman–Crippen LogP) is 5.88. The molecular formula is C30H43NO4Si.